The molecule has 3 heterocycles. The number of anilines is 6. The molecule has 0 fully saturated rings. The molecule has 12 aromatic rings. The number of hydrogen-bond donors (Lipinski definition) is 0. The molecule has 0 spiro atoms. The van der Waals surface area contributed by atoms with Crippen molar-refractivity contribution in [1.29, 1.82) is 0 Å². The zero-order valence-corrected chi connectivity index (χ0v) is 40.6. The van der Waals surface area contributed by atoms with Crippen LogP contribution in [0, 0.1) is 0 Å². The Morgan fingerprint density at radius 1 is 0.353 bits per heavy atom. The normalized spacial score (nSPS) is 12.8. The van der Waals surface area contributed by atoms with Gasteiger partial charge in [-0.1, -0.05) is 135 Å². The number of rotatable bonds is 6. The summed E-state index contributed by atoms with van der Waals surface area (Å²) in [7, 11) is 0. The molecular formula is C64H57N3O. The summed E-state index contributed by atoms with van der Waals surface area (Å²) in [4.78, 5) is 4.77. The molecule has 0 aliphatic rings. The average Bonchev–Trinajstić information content (AvgIpc) is 3.96. The van der Waals surface area contributed by atoms with Crippen molar-refractivity contribution in [3.63, 3.8) is 0 Å². The number of fused-ring (bicyclic) bond motifs is 10. The standard InChI is InChI=1S/C64H57N3O/c1-62(2,3)42-20-25-47(26-21-42)65(45-16-12-10-13-17-45)49-29-30-50-53-35-40-34-52-51-31-33-56(66(46-18-14-11-15-19-46)48-27-22-43(23-28-48)63(4,5)6)60-54-38-44(64(7,8)9)24-32-55(54)67(61(51)60)57(52)36-41(40)37-58(53)68-59(50)39-49/h10-39H,1-9H3. The van der Waals surface area contributed by atoms with Gasteiger partial charge in [0.25, 0.3) is 0 Å². The SMILES string of the molecule is CC(C)(C)c1ccc(N(c2ccccc2)c2ccc3c(c2)oc2cc4cc5c(cc4cc23)c2ccc(N(c3ccccc3)c3ccc(C(C)(C)C)cc3)c3c4cc(C(C)(C)C)ccc4n5c23)cc1. The van der Waals surface area contributed by atoms with Crippen LogP contribution in [0.4, 0.5) is 34.1 Å². The van der Waals surface area contributed by atoms with Crippen molar-refractivity contribution in [2.75, 3.05) is 9.80 Å². The molecule has 4 heteroatoms. The van der Waals surface area contributed by atoms with Crippen LogP contribution in [0.25, 0.3) is 70.8 Å². The second kappa shape index (κ2) is 15.0. The van der Waals surface area contributed by atoms with E-state index in [4.69, 9.17) is 4.42 Å². The third-order valence-electron chi connectivity index (χ3n) is 14.3. The van der Waals surface area contributed by atoms with Crippen molar-refractivity contribution in [2.45, 2.75) is 78.6 Å². The molecule has 0 aliphatic carbocycles. The number of aromatic nitrogens is 1. The summed E-state index contributed by atoms with van der Waals surface area (Å²) in [5.74, 6) is 0. The molecule has 0 saturated heterocycles. The number of hydrogen-bond acceptors (Lipinski definition) is 3. The van der Waals surface area contributed by atoms with Crippen LogP contribution >= 0.6 is 0 Å². The fourth-order valence-corrected chi connectivity index (χ4v) is 10.6. The van der Waals surface area contributed by atoms with Gasteiger partial charge in [0.05, 0.1) is 22.2 Å². The highest BCUT2D eigenvalue weighted by molar-refractivity contribution is 6.29. The lowest BCUT2D eigenvalue weighted by molar-refractivity contribution is 0.590. The lowest BCUT2D eigenvalue weighted by Crippen LogP contribution is -2.13. The highest BCUT2D eigenvalue weighted by Crippen LogP contribution is 2.49. The van der Waals surface area contributed by atoms with Crippen LogP contribution in [-0.4, -0.2) is 4.40 Å². The van der Waals surface area contributed by atoms with Gasteiger partial charge in [0.15, 0.2) is 0 Å². The molecule has 0 unspecified atom stereocenters. The maximum atomic E-state index is 6.84. The minimum atomic E-state index is -0.0171. The summed E-state index contributed by atoms with van der Waals surface area (Å²) >= 11 is 0. The van der Waals surface area contributed by atoms with E-state index in [1.807, 2.05) is 0 Å². The van der Waals surface area contributed by atoms with E-state index in [1.54, 1.807) is 0 Å². The van der Waals surface area contributed by atoms with Crippen molar-refractivity contribution < 1.29 is 4.42 Å². The molecule has 0 amide bonds. The smallest absolute Gasteiger partial charge is 0.137 e. The van der Waals surface area contributed by atoms with Gasteiger partial charge in [-0.15, -0.1) is 0 Å². The number of nitrogens with zero attached hydrogens (tertiary/aromatic N) is 3. The first-order valence-electron chi connectivity index (χ1n) is 24.1. The maximum absolute atomic E-state index is 6.84. The number of para-hydroxylation sites is 2. The van der Waals surface area contributed by atoms with Gasteiger partial charge in [-0.25, -0.2) is 0 Å². The van der Waals surface area contributed by atoms with Crippen LogP contribution in [0.3, 0.4) is 0 Å². The molecular weight excluding hydrogens is 827 g/mol. The Morgan fingerprint density at radius 2 is 0.853 bits per heavy atom. The average molecular weight is 884 g/mol. The molecule has 3 aromatic heterocycles. The molecule has 0 bridgehead atoms. The van der Waals surface area contributed by atoms with Gasteiger partial charge in [0, 0.05) is 66.8 Å². The first-order chi connectivity index (χ1) is 32.6. The summed E-state index contributed by atoms with van der Waals surface area (Å²) in [6, 6.07) is 67.5. The van der Waals surface area contributed by atoms with Crippen molar-refractivity contribution in [3.05, 3.63) is 199 Å². The van der Waals surface area contributed by atoms with Crippen molar-refractivity contribution in [3.8, 4) is 0 Å². The van der Waals surface area contributed by atoms with E-state index in [2.05, 4.69) is 259 Å². The molecule has 0 aliphatic heterocycles. The van der Waals surface area contributed by atoms with Crippen LogP contribution in [0.5, 0.6) is 0 Å². The first-order valence-corrected chi connectivity index (χ1v) is 24.1. The van der Waals surface area contributed by atoms with E-state index in [1.165, 1.54) is 65.9 Å². The number of benzene rings is 9. The molecule has 0 radical (unpaired) electrons. The predicted molar refractivity (Wildman–Crippen MR) is 291 cm³/mol. The Hall–Kier alpha value is -7.56. The van der Waals surface area contributed by atoms with Gasteiger partial charge >= 0.3 is 0 Å². The molecule has 334 valence electrons. The molecule has 0 saturated carbocycles. The molecule has 68 heavy (non-hydrogen) atoms. The fourth-order valence-electron chi connectivity index (χ4n) is 10.6. The Balaban J connectivity index is 1.05. The zero-order valence-electron chi connectivity index (χ0n) is 40.6. The Morgan fingerprint density at radius 3 is 1.47 bits per heavy atom. The van der Waals surface area contributed by atoms with E-state index >= 15 is 0 Å². The highest BCUT2D eigenvalue weighted by Gasteiger charge is 2.27. The first kappa shape index (κ1) is 41.8. The summed E-state index contributed by atoms with van der Waals surface area (Å²) in [6.07, 6.45) is 0. The van der Waals surface area contributed by atoms with Crippen molar-refractivity contribution in [1.82, 2.24) is 4.40 Å². The molecule has 0 N–H and O–H groups in total. The topological polar surface area (TPSA) is 24.0 Å². The van der Waals surface area contributed by atoms with Crippen LogP contribution < -0.4 is 9.80 Å². The van der Waals surface area contributed by atoms with E-state index in [-0.39, 0.29) is 16.2 Å². The van der Waals surface area contributed by atoms with Crippen molar-refractivity contribution >= 4 is 105 Å². The predicted octanol–water partition coefficient (Wildman–Crippen LogP) is 18.7. The van der Waals surface area contributed by atoms with E-state index < -0.39 is 0 Å². The van der Waals surface area contributed by atoms with Gasteiger partial charge in [-0.3, -0.25) is 0 Å². The maximum Gasteiger partial charge on any atom is 0.137 e. The lowest BCUT2D eigenvalue weighted by atomic mass is 9.86. The fraction of sp³-hybridized carbons (Fsp3) is 0.188. The Labute approximate surface area is 399 Å². The minimum absolute atomic E-state index is 0.0171. The largest absolute Gasteiger partial charge is 0.456 e. The summed E-state index contributed by atoms with van der Waals surface area (Å²) in [5, 5.41) is 9.60. The molecule has 4 nitrogen and oxygen atoms in total. The van der Waals surface area contributed by atoms with Gasteiger partial charge in [-0.05, 0) is 147 Å². The molecule has 12 rings (SSSR count). The van der Waals surface area contributed by atoms with E-state index in [0.717, 1.165) is 55.8 Å². The van der Waals surface area contributed by atoms with Crippen LogP contribution in [0.15, 0.2) is 186 Å². The summed E-state index contributed by atoms with van der Waals surface area (Å²) < 4.78 is 9.36. The third kappa shape index (κ3) is 6.72. The lowest BCUT2D eigenvalue weighted by Gasteiger charge is -2.28. The van der Waals surface area contributed by atoms with Crippen molar-refractivity contribution in [2.24, 2.45) is 0 Å². The zero-order chi connectivity index (χ0) is 46.9. The molecule has 9 aromatic carbocycles. The quantitative estimate of drug-likeness (QED) is 0.166. The van der Waals surface area contributed by atoms with Crippen LogP contribution in [-0.2, 0) is 16.2 Å². The monoisotopic (exact) mass is 883 g/mol. The van der Waals surface area contributed by atoms with Gasteiger partial charge in [0.2, 0.25) is 0 Å². The van der Waals surface area contributed by atoms with Crippen LogP contribution in [0.2, 0.25) is 0 Å². The Bertz CT molecular complexity index is 3880. The number of furan rings is 1. The van der Waals surface area contributed by atoms with Crippen LogP contribution in [0.1, 0.15) is 79.0 Å². The minimum Gasteiger partial charge on any atom is -0.456 e. The summed E-state index contributed by atoms with van der Waals surface area (Å²) in [5.41, 5.74) is 16.2. The second-order valence-electron chi connectivity index (χ2n) is 22.0. The van der Waals surface area contributed by atoms with E-state index in [9.17, 15) is 0 Å². The third-order valence-corrected chi connectivity index (χ3v) is 14.3. The van der Waals surface area contributed by atoms with Gasteiger partial charge < -0.3 is 18.6 Å². The van der Waals surface area contributed by atoms with Gasteiger partial charge in [-0.2, -0.15) is 0 Å². The highest BCUT2D eigenvalue weighted by atomic mass is 16.3. The van der Waals surface area contributed by atoms with E-state index in [0.29, 0.717) is 0 Å². The second-order valence-corrected chi connectivity index (χ2v) is 22.0. The summed E-state index contributed by atoms with van der Waals surface area (Å²) in [6.45, 7) is 20.5. The van der Waals surface area contributed by atoms with Gasteiger partial charge in [0.1, 0.15) is 11.2 Å². The Kier molecular flexibility index (Phi) is 9.21. The molecule has 0 atom stereocenters.